The van der Waals surface area contributed by atoms with Crippen molar-refractivity contribution >= 4 is 17.4 Å². The summed E-state index contributed by atoms with van der Waals surface area (Å²) < 4.78 is 5.25. The molecule has 2 amide bonds. The van der Waals surface area contributed by atoms with Crippen LogP contribution in [0.1, 0.15) is 25.0 Å². The van der Waals surface area contributed by atoms with Crippen LogP contribution in [0.25, 0.3) is 0 Å². The van der Waals surface area contributed by atoms with E-state index in [1.165, 1.54) is 43.7 Å². The number of benzene rings is 1. The molecule has 6 heteroatoms. The van der Waals surface area contributed by atoms with Gasteiger partial charge in [-0.25, -0.2) is 4.79 Å². The van der Waals surface area contributed by atoms with Gasteiger partial charge < -0.3 is 24.4 Å². The number of urea groups is 1. The van der Waals surface area contributed by atoms with Gasteiger partial charge in [-0.1, -0.05) is 0 Å². The van der Waals surface area contributed by atoms with E-state index in [9.17, 15) is 4.79 Å². The molecule has 27 heavy (non-hydrogen) atoms. The van der Waals surface area contributed by atoms with Gasteiger partial charge in [0, 0.05) is 50.6 Å². The summed E-state index contributed by atoms with van der Waals surface area (Å²) in [5.41, 5.74) is 2.57. The molecule has 0 radical (unpaired) electrons. The van der Waals surface area contributed by atoms with Gasteiger partial charge in [0.05, 0.1) is 12.8 Å². The van der Waals surface area contributed by atoms with E-state index in [4.69, 9.17) is 4.42 Å². The van der Waals surface area contributed by atoms with Crippen LogP contribution in [0.15, 0.2) is 47.1 Å². The number of piperazine rings is 1. The van der Waals surface area contributed by atoms with E-state index in [1.807, 2.05) is 17.0 Å². The van der Waals surface area contributed by atoms with E-state index in [2.05, 4.69) is 39.4 Å². The molecule has 2 saturated heterocycles. The first-order valence-corrected chi connectivity index (χ1v) is 9.95. The molecular formula is C21H28N4O2. The number of furan rings is 1. The molecule has 2 fully saturated rings. The van der Waals surface area contributed by atoms with Crippen LogP contribution < -0.4 is 15.1 Å². The molecule has 0 bridgehead atoms. The van der Waals surface area contributed by atoms with Crippen LogP contribution in [-0.2, 0) is 6.54 Å². The van der Waals surface area contributed by atoms with E-state index in [0.29, 0.717) is 6.54 Å². The fraction of sp³-hybridized carbons (Fsp3) is 0.476. The second kappa shape index (κ2) is 8.37. The van der Waals surface area contributed by atoms with Crippen LogP contribution in [0, 0.1) is 0 Å². The lowest BCUT2D eigenvalue weighted by Crippen LogP contribution is -2.51. The minimum Gasteiger partial charge on any atom is -0.467 e. The molecule has 1 N–H and O–H groups in total. The summed E-state index contributed by atoms with van der Waals surface area (Å²) in [7, 11) is 0. The number of nitrogens with one attached hydrogen (secondary N) is 1. The Morgan fingerprint density at radius 3 is 2.07 bits per heavy atom. The second-order valence-corrected chi connectivity index (χ2v) is 7.28. The quantitative estimate of drug-likeness (QED) is 0.900. The number of carbonyl (C=O) groups excluding carboxylic acids is 1. The summed E-state index contributed by atoms with van der Waals surface area (Å²) in [6, 6.07) is 12.6. The highest BCUT2D eigenvalue weighted by Crippen LogP contribution is 2.24. The first-order chi connectivity index (χ1) is 13.3. The van der Waals surface area contributed by atoms with Gasteiger partial charge in [0.15, 0.2) is 0 Å². The fourth-order valence-electron chi connectivity index (χ4n) is 3.88. The van der Waals surface area contributed by atoms with Crippen LogP contribution >= 0.6 is 0 Å². The molecule has 6 nitrogen and oxygen atoms in total. The zero-order valence-electron chi connectivity index (χ0n) is 15.8. The van der Waals surface area contributed by atoms with Gasteiger partial charge in [-0.15, -0.1) is 0 Å². The van der Waals surface area contributed by atoms with Crippen molar-refractivity contribution in [3.63, 3.8) is 0 Å². The third-order valence-electron chi connectivity index (χ3n) is 5.50. The average Bonchev–Trinajstić information content (AvgIpc) is 3.27. The zero-order valence-corrected chi connectivity index (χ0v) is 15.8. The predicted molar refractivity (Wildman–Crippen MR) is 107 cm³/mol. The highest BCUT2D eigenvalue weighted by Gasteiger charge is 2.21. The number of hydrogen-bond acceptors (Lipinski definition) is 4. The molecule has 0 unspecified atom stereocenters. The van der Waals surface area contributed by atoms with Gasteiger partial charge in [0.25, 0.3) is 0 Å². The topological polar surface area (TPSA) is 52.0 Å². The first kappa shape index (κ1) is 17.8. The van der Waals surface area contributed by atoms with E-state index < -0.39 is 0 Å². The Bertz CT molecular complexity index is 715. The number of amides is 2. The molecule has 0 aliphatic carbocycles. The molecule has 2 aromatic rings. The Morgan fingerprint density at radius 2 is 1.48 bits per heavy atom. The third kappa shape index (κ3) is 4.38. The molecular weight excluding hydrogens is 340 g/mol. The lowest BCUT2D eigenvalue weighted by atomic mass is 10.1. The molecule has 144 valence electrons. The average molecular weight is 368 g/mol. The smallest absolute Gasteiger partial charge is 0.317 e. The van der Waals surface area contributed by atoms with Crippen molar-refractivity contribution in [1.29, 1.82) is 0 Å². The maximum atomic E-state index is 12.3. The number of rotatable bonds is 4. The number of piperidine rings is 1. The molecule has 0 saturated carbocycles. The van der Waals surface area contributed by atoms with Crippen molar-refractivity contribution in [2.45, 2.75) is 25.8 Å². The Kier molecular flexibility index (Phi) is 5.51. The Morgan fingerprint density at radius 1 is 0.852 bits per heavy atom. The van der Waals surface area contributed by atoms with Gasteiger partial charge in [0.1, 0.15) is 5.76 Å². The fourth-order valence-corrected chi connectivity index (χ4v) is 3.88. The summed E-state index contributed by atoms with van der Waals surface area (Å²) in [5, 5.41) is 2.92. The van der Waals surface area contributed by atoms with Crippen molar-refractivity contribution in [3.05, 3.63) is 48.4 Å². The summed E-state index contributed by atoms with van der Waals surface area (Å²) in [4.78, 5) is 19.0. The largest absolute Gasteiger partial charge is 0.467 e. The Labute approximate surface area is 160 Å². The monoisotopic (exact) mass is 368 g/mol. The summed E-state index contributed by atoms with van der Waals surface area (Å²) in [6.07, 6.45) is 5.57. The van der Waals surface area contributed by atoms with Crippen molar-refractivity contribution in [1.82, 2.24) is 10.2 Å². The third-order valence-corrected chi connectivity index (χ3v) is 5.50. The lowest BCUT2D eigenvalue weighted by Gasteiger charge is -2.36. The van der Waals surface area contributed by atoms with E-state index >= 15 is 0 Å². The van der Waals surface area contributed by atoms with Crippen molar-refractivity contribution < 1.29 is 9.21 Å². The van der Waals surface area contributed by atoms with E-state index in [1.54, 1.807) is 6.26 Å². The highest BCUT2D eigenvalue weighted by atomic mass is 16.3. The first-order valence-electron chi connectivity index (χ1n) is 9.95. The standard InChI is InChI=1S/C21H28N4O2/c26-21(22-17-20-5-4-16-27-20)25-14-12-24(13-15-25)19-8-6-18(7-9-19)23-10-2-1-3-11-23/h4-9,16H,1-3,10-15,17H2,(H,22,26). The Balaban J connectivity index is 1.26. The van der Waals surface area contributed by atoms with Gasteiger partial charge in [-0.05, 0) is 55.7 Å². The van der Waals surface area contributed by atoms with Gasteiger partial charge in [-0.2, -0.15) is 0 Å². The van der Waals surface area contributed by atoms with Crippen LogP contribution in [0.5, 0.6) is 0 Å². The van der Waals surface area contributed by atoms with Crippen molar-refractivity contribution in [2.24, 2.45) is 0 Å². The number of nitrogens with zero attached hydrogens (tertiary/aromatic N) is 3. The number of carbonyl (C=O) groups is 1. The van der Waals surface area contributed by atoms with Gasteiger partial charge >= 0.3 is 6.03 Å². The normalized spacial score (nSPS) is 17.9. The summed E-state index contributed by atoms with van der Waals surface area (Å²) >= 11 is 0. The SMILES string of the molecule is O=C(NCc1ccco1)N1CCN(c2ccc(N3CCCCC3)cc2)CC1. The summed E-state index contributed by atoms with van der Waals surface area (Å²) in [6.45, 7) is 5.96. The molecule has 2 aliphatic rings. The molecule has 1 aromatic heterocycles. The van der Waals surface area contributed by atoms with Crippen LogP contribution in [0.2, 0.25) is 0 Å². The van der Waals surface area contributed by atoms with Gasteiger partial charge in [-0.3, -0.25) is 0 Å². The summed E-state index contributed by atoms with van der Waals surface area (Å²) in [5.74, 6) is 0.774. The number of hydrogen-bond donors (Lipinski definition) is 1. The molecule has 1 aromatic carbocycles. The van der Waals surface area contributed by atoms with Crippen LogP contribution in [0.4, 0.5) is 16.2 Å². The zero-order chi connectivity index (χ0) is 18.5. The maximum absolute atomic E-state index is 12.3. The molecule has 2 aliphatic heterocycles. The van der Waals surface area contributed by atoms with Crippen molar-refractivity contribution in [3.8, 4) is 0 Å². The van der Waals surface area contributed by atoms with E-state index in [0.717, 1.165) is 31.9 Å². The second-order valence-electron chi connectivity index (χ2n) is 7.28. The van der Waals surface area contributed by atoms with E-state index in [-0.39, 0.29) is 6.03 Å². The minimum absolute atomic E-state index is 0.0218. The molecule has 4 rings (SSSR count). The highest BCUT2D eigenvalue weighted by molar-refractivity contribution is 5.74. The van der Waals surface area contributed by atoms with Gasteiger partial charge in [0.2, 0.25) is 0 Å². The lowest BCUT2D eigenvalue weighted by molar-refractivity contribution is 0.193. The number of anilines is 2. The minimum atomic E-state index is -0.0218. The maximum Gasteiger partial charge on any atom is 0.317 e. The molecule has 0 atom stereocenters. The van der Waals surface area contributed by atoms with Crippen LogP contribution in [0.3, 0.4) is 0 Å². The predicted octanol–water partition coefficient (Wildman–Crippen LogP) is 3.30. The van der Waals surface area contributed by atoms with Crippen LogP contribution in [-0.4, -0.2) is 50.2 Å². The molecule has 0 spiro atoms. The molecule has 3 heterocycles. The van der Waals surface area contributed by atoms with Crippen molar-refractivity contribution in [2.75, 3.05) is 49.1 Å². The Hall–Kier alpha value is -2.63.